The summed E-state index contributed by atoms with van der Waals surface area (Å²) in [6.45, 7) is 8.08. The van der Waals surface area contributed by atoms with Crippen molar-refractivity contribution in [2.24, 2.45) is 5.41 Å². The van der Waals surface area contributed by atoms with Gasteiger partial charge in [-0.3, -0.25) is 9.78 Å². The minimum atomic E-state index is -1.18. The molecule has 5 heteroatoms. The zero-order chi connectivity index (χ0) is 22.2. The van der Waals surface area contributed by atoms with Crippen LogP contribution in [0.15, 0.2) is 42.7 Å². The van der Waals surface area contributed by atoms with Crippen LogP contribution in [0.1, 0.15) is 69.1 Å². The summed E-state index contributed by atoms with van der Waals surface area (Å²) < 4.78 is 6.18. The van der Waals surface area contributed by atoms with E-state index in [-0.39, 0.29) is 11.5 Å². The van der Waals surface area contributed by atoms with Crippen molar-refractivity contribution >= 4 is 5.78 Å². The molecule has 2 heterocycles. The Hall–Kier alpha value is -2.24. The summed E-state index contributed by atoms with van der Waals surface area (Å²) in [5.74, 6) is 1.41. The first-order valence-corrected chi connectivity index (χ1v) is 11.4. The summed E-state index contributed by atoms with van der Waals surface area (Å²) in [6, 6.07) is 10.3. The molecule has 1 atom stereocenters. The molecule has 0 spiro atoms. The lowest BCUT2D eigenvalue weighted by atomic mass is 9.62. The molecule has 1 aromatic carbocycles. The Balaban J connectivity index is 1.68. The normalized spacial score (nSPS) is 21.5. The zero-order valence-corrected chi connectivity index (χ0v) is 19.1. The molecule has 1 N–H and O–H groups in total. The summed E-state index contributed by atoms with van der Waals surface area (Å²) in [5.41, 5.74) is 1.38. The van der Waals surface area contributed by atoms with Gasteiger partial charge in [-0.2, -0.15) is 0 Å². The van der Waals surface area contributed by atoms with Crippen LogP contribution in [0.2, 0.25) is 0 Å². The third-order valence-corrected chi connectivity index (χ3v) is 7.03. The van der Waals surface area contributed by atoms with Crippen molar-refractivity contribution in [3.8, 4) is 5.75 Å². The Bertz CT molecular complexity index is 924. The van der Waals surface area contributed by atoms with E-state index >= 15 is 0 Å². The number of benzene rings is 1. The molecule has 1 aromatic heterocycles. The fraction of sp³-hybridized carbons (Fsp3) is 0.538. The number of hydrogen-bond donors (Lipinski definition) is 1. The fourth-order valence-corrected chi connectivity index (χ4v) is 5.25. The maximum absolute atomic E-state index is 12.3. The lowest BCUT2D eigenvalue weighted by Crippen LogP contribution is -2.63. The third-order valence-electron chi connectivity index (χ3n) is 7.03. The predicted octanol–water partition coefficient (Wildman–Crippen LogP) is 4.28. The molecule has 1 aliphatic heterocycles. The van der Waals surface area contributed by atoms with Crippen molar-refractivity contribution in [3.63, 3.8) is 0 Å². The largest absolute Gasteiger partial charge is 0.489 e. The molecule has 1 saturated carbocycles. The van der Waals surface area contributed by atoms with Crippen molar-refractivity contribution < 1.29 is 14.6 Å². The van der Waals surface area contributed by atoms with E-state index in [1.807, 2.05) is 6.07 Å². The maximum atomic E-state index is 12.3. The highest BCUT2D eigenvalue weighted by molar-refractivity contribution is 5.79. The molecular weight excluding hydrogens is 388 g/mol. The van der Waals surface area contributed by atoms with Gasteiger partial charge in [-0.25, -0.2) is 0 Å². The average Bonchev–Trinajstić information content (AvgIpc) is 2.74. The lowest BCUT2D eigenvalue weighted by Gasteiger charge is -2.55. The van der Waals surface area contributed by atoms with E-state index in [1.165, 1.54) is 5.56 Å². The van der Waals surface area contributed by atoms with Crippen LogP contribution in [-0.4, -0.2) is 47.0 Å². The highest BCUT2D eigenvalue weighted by atomic mass is 16.5. The van der Waals surface area contributed by atoms with Gasteiger partial charge in [-0.1, -0.05) is 45.0 Å². The van der Waals surface area contributed by atoms with E-state index < -0.39 is 5.60 Å². The molecular formula is C26H34N2O3. The number of ketones is 1. The van der Waals surface area contributed by atoms with Crippen molar-refractivity contribution in [1.29, 1.82) is 0 Å². The van der Waals surface area contributed by atoms with Crippen LogP contribution in [-0.2, 0) is 10.4 Å². The summed E-state index contributed by atoms with van der Waals surface area (Å²) in [5, 5.41) is 12.3. The fourth-order valence-electron chi connectivity index (χ4n) is 5.25. The van der Waals surface area contributed by atoms with E-state index in [2.05, 4.69) is 62.0 Å². The predicted molar refractivity (Wildman–Crippen MR) is 121 cm³/mol. The van der Waals surface area contributed by atoms with Crippen molar-refractivity contribution in [2.75, 3.05) is 20.1 Å². The number of hydrogen-bond acceptors (Lipinski definition) is 5. The maximum Gasteiger partial charge on any atom is 0.138 e. The number of aliphatic hydroxyl groups is 1. The molecule has 0 bridgehead atoms. The molecule has 2 aromatic rings. The first kappa shape index (κ1) is 22.0. The van der Waals surface area contributed by atoms with Crippen LogP contribution >= 0.6 is 0 Å². The summed E-state index contributed by atoms with van der Waals surface area (Å²) in [6.07, 6.45) is 6.13. The van der Waals surface area contributed by atoms with Gasteiger partial charge in [0, 0.05) is 43.1 Å². The van der Waals surface area contributed by atoms with Gasteiger partial charge in [0.25, 0.3) is 0 Å². The number of carbonyl (C=O) groups is 1. The molecule has 2 aliphatic rings. The number of aromatic nitrogens is 1. The first-order valence-electron chi connectivity index (χ1n) is 11.4. The minimum Gasteiger partial charge on any atom is -0.489 e. The van der Waals surface area contributed by atoms with E-state index in [1.54, 1.807) is 12.4 Å². The third kappa shape index (κ3) is 4.13. The van der Waals surface area contributed by atoms with Crippen LogP contribution in [0.25, 0.3) is 0 Å². The topological polar surface area (TPSA) is 62.7 Å². The molecule has 1 saturated heterocycles. The molecule has 5 nitrogen and oxygen atoms in total. The summed E-state index contributed by atoms with van der Waals surface area (Å²) >= 11 is 0. The molecule has 166 valence electrons. The highest BCUT2D eigenvalue weighted by Crippen LogP contribution is 2.50. The van der Waals surface area contributed by atoms with Crippen LogP contribution in [0, 0.1) is 5.41 Å². The Morgan fingerprint density at radius 3 is 2.35 bits per heavy atom. The van der Waals surface area contributed by atoms with E-state index in [4.69, 9.17) is 4.74 Å². The summed E-state index contributed by atoms with van der Waals surface area (Å²) in [7, 11) is 2.08. The molecule has 31 heavy (non-hydrogen) atoms. The van der Waals surface area contributed by atoms with Gasteiger partial charge in [-0.15, -0.1) is 0 Å². The van der Waals surface area contributed by atoms with E-state index in [9.17, 15) is 9.90 Å². The quantitative estimate of drug-likeness (QED) is 0.753. The standard InChI is InChI=1S/C26H34N2O3/c1-18(2)19-5-7-20(8-6-19)26(30,25(3)16-28(4)17-25)21-13-24(15-27-14-21)31-23-11-9-22(29)10-12-23/h5-8,13-15,18,23,30H,9-12,16-17H2,1-4H3. The van der Waals surface area contributed by atoms with E-state index in [0.29, 0.717) is 30.3 Å². The SMILES string of the molecule is CC(C)c1ccc(C(O)(c2cncc(OC3CCC(=O)CC3)c2)C2(C)CN(C)C2)cc1. The Labute approximate surface area is 185 Å². The Morgan fingerprint density at radius 1 is 1.13 bits per heavy atom. The van der Waals surface area contributed by atoms with Crippen LogP contribution < -0.4 is 4.74 Å². The van der Waals surface area contributed by atoms with Gasteiger partial charge in [0.1, 0.15) is 17.1 Å². The second-order valence-electron chi connectivity index (χ2n) is 9.99. The second kappa shape index (κ2) is 8.36. The average molecular weight is 423 g/mol. The molecule has 0 radical (unpaired) electrons. The number of pyridine rings is 1. The van der Waals surface area contributed by atoms with Crippen LogP contribution in [0.4, 0.5) is 0 Å². The molecule has 1 unspecified atom stereocenters. The number of carbonyl (C=O) groups excluding carboxylic acids is 1. The van der Waals surface area contributed by atoms with Crippen LogP contribution in [0.3, 0.4) is 0 Å². The number of ether oxygens (including phenoxy) is 1. The van der Waals surface area contributed by atoms with Crippen molar-refractivity contribution in [3.05, 3.63) is 59.4 Å². The smallest absolute Gasteiger partial charge is 0.138 e. The molecule has 1 aliphatic carbocycles. The number of Topliss-reactive ketones (excluding diaryl/α,β-unsaturated/α-hetero) is 1. The van der Waals surface area contributed by atoms with Gasteiger partial charge < -0.3 is 14.7 Å². The monoisotopic (exact) mass is 422 g/mol. The molecule has 2 fully saturated rings. The number of rotatable bonds is 6. The van der Waals surface area contributed by atoms with Gasteiger partial charge in [0.05, 0.1) is 12.3 Å². The number of likely N-dealkylation sites (tertiary alicyclic amines) is 1. The Kier molecular flexibility index (Phi) is 5.93. The van der Waals surface area contributed by atoms with Gasteiger partial charge in [0.2, 0.25) is 0 Å². The summed E-state index contributed by atoms with van der Waals surface area (Å²) in [4.78, 5) is 18.2. The lowest BCUT2D eigenvalue weighted by molar-refractivity contribution is -0.127. The number of nitrogens with zero attached hydrogens (tertiary/aromatic N) is 2. The van der Waals surface area contributed by atoms with E-state index in [0.717, 1.165) is 37.1 Å². The first-order chi connectivity index (χ1) is 14.7. The molecule has 4 rings (SSSR count). The highest BCUT2D eigenvalue weighted by Gasteiger charge is 2.55. The zero-order valence-electron chi connectivity index (χ0n) is 19.1. The van der Waals surface area contributed by atoms with Gasteiger partial charge in [-0.05, 0) is 43.0 Å². The van der Waals surface area contributed by atoms with Gasteiger partial charge in [0.15, 0.2) is 0 Å². The van der Waals surface area contributed by atoms with Crippen LogP contribution in [0.5, 0.6) is 5.75 Å². The Morgan fingerprint density at radius 2 is 1.77 bits per heavy atom. The van der Waals surface area contributed by atoms with Gasteiger partial charge >= 0.3 is 0 Å². The molecule has 0 amide bonds. The van der Waals surface area contributed by atoms with Crippen molar-refractivity contribution in [1.82, 2.24) is 9.88 Å². The second-order valence-corrected chi connectivity index (χ2v) is 9.99. The van der Waals surface area contributed by atoms with Crippen molar-refractivity contribution in [2.45, 2.75) is 64.1 Å². The minimum absolute atomic E-state index is 0.0265.